The molecule has 1 aliphatic heterocycles. The summed E-state index contributed by atoms with van der Waals surface area (Å²) in [5.74, 6) is -7.61. The predicted octanol–water partition coefficient (Wildman–Crippen LogP) is 4.06. The summed E-state index contributed by atoms with van der Waals surface area (Å²) in [4.78, 5) is 77.8. The molecular formula is C31H32F3N3O8. The zero-order valence-electron chi connectivity index (χ0n) is 25.4. The first-order valence-corrected chi connectivity index (χ1v) is 13.7. The van der Waals surface area contributed by atoms with Gasteiger partial charge in [-0.3, -0.25) is 28.8 Å². The van der Waals surface area contributed by atoms with Gasteiger partial charge < -0.3 is 14.4 Å². The van der Waals surface area contributed by atoms with E-state index >= 15 is 0 Å². The van der Waals surface area contributed by atoms with E-state index in [-0.39, 0.29) is 28.3 Å². The molecule has 1 heterocycles. The van der Waals surface area contributed by atoms with Crippen LogP contribution in [0, 0.1) is 5.92 Å². The Kier molecular flexibility index (Phi) is 10.5. The minimum Gasteiger partial charge on any atom is -0.423 e. The van der Waals surface area contributed by atoms with Gasteiger partial charge >= 0.3 is 18.1 Å². The van der Waals surface area contributed by atoms with Crippen LogP contribution >= 0.6 is 0 Å². The molecule has 2 unspecified atom stereocenters. The molecule has 0 saturated heterocycles. The number of hydrogen-bond donors (Lipinski definition) is 0. The van der Waals surface area contributed by atoms with Gasteiger partial charge in [0.1, 0.15) is 12.1 Å². The van der Waals surface area contributed by atoms with Gasteiger partial charge in [0.05, 0.1) is 5.70 Å². The Morgan fingerprint density at radius 1 is 0.889 bits per heavy atom. The average molecular weight is 632 g/mol. The summed E-state index contributed by atoms with van der Waals surface area (Å²) in [6, 6.07) is 7.76. The molecule has 1 aliphatic rings. The van der Waals surface area contributed by atoms with Gasteiger partial charge in [0, 0.05) is 45.9 Å². The summed E-state index contributed by atoms with van der Waals surface area (Å²) < 4.78 is 52.4. The van der Waals surface area contributed by atoms with Crippen LogP contribution in [0.15, 0.2) is 54.7 Å². The normalized spacial score (nSPS) is 15.7. The van der Waals surface area contributed by atoms with Gasteiger partial charge in [0.15, 0.2) is 11.5 Å². The molecule has 0 spiro atoms. The first-order valence-electron chi connectivity index (χ1n) is 13.7. The molecule has 0 fully saturated rings. The molecule has 45 heavy (non-hydrogen) atoms. The third kappa shape index (κ3) is 7.94. The van der Waals surface area contributed by atoms with Crippen LogP contribution in [0.4, 0.5) is 13.2 Å². The number of alkyl halides is 3. The lowest BCUT2D eigenvalue weighted by atomic mass is 9.96. The van der Waals surface area contributed by atoms with Crippen LogP contribution < -0.4 is 9.47 Å². The van der Waals surface area contributed by atoms with E-state index in [0.29, 0.717) is 10.0 Å². The molecule has 0 N–H and O–H groups in total. The van der Waals surface area contributed by atoms with Crippen LogP contribution in [-0.2, 0) is 35.2 Å². The number of amides is 3. The maximum absolute atomic E-state index is 14.3. The van der Waals surface area contributed by atoms with Gasteiger partial charge in [-0.05, 0) is 29.7 Å². The third-order valence-electron chi connectivity index (χ3n) is 6.68. The largest absolute Gasteiger partial charge is 0.452 e. The monoisotopic (exact) mass is 631 g/mol. The predicted molar refractivity (Wildman–Crippen MR) is 153 cm³/mol. The highest BCUT2D eigenvalue weighted by Crippen LogP contribution is 2.38. The molecule has 0 aliphatic carbocycles. The van der Waals surface area contributed by atoms with Crippen molar-refractivity contribution in [2.45, 2.75) is 66.2 Å². The SMILES string of the molecule is CC(=O)Oc1ccc(C2=CN(C(C)=O)C(C(C)C)C(=O)N2N(C(C)=O)C(Cc2ccccc2)C(=O)C(F)(F)F)cc1OC(C)=O. The molecule has 0 saturated carbocycles. The van der Waals surface area contributed by atoms with E-state index in [1.807, 2.05) is 0 Å². The molecule has 2 aromatic carbocycles. The van der Waals surface area contributed by atoms with E-state index in [2.05, 4.69) is 0 Å². The minimum absolute atomic E-state index is 0.0341. The van der Waals surface area contributed by atoms with Gasteiger partial charge in [-0.1, -0.05) is 44.2 Å². The Morgan fingerprint density at radius 3 is 1.96 bits per heavy atom. The van der Waals surface area contributed by atoms with Gasteiger partial charge in [-0.15, -0.1) is 0 Å². The van der Waals surface area contributed by atoms with Gasteiger partial charge in [-0.2, -0.15) is 13.2 Å². The number of carbonyl (C=O) groups is 6. The van der Waals surface area contributed by atoms with Crippen molar-refractivity contribution in [1.82, 2.24) is 14.9 Å². The fourth-order valence-electron chi connectivity index (χ4n) is 4.90. The average Bonchev–Trinajstić information content (AvgIpc) is 2.92. The Bertz CT molecular complexity index is 1540. The van der Waals surface area contributed by atoms with Crippen molar-refractivity contribution in [3.63, 3.8) is 0 Å². The Labute approximate surface area is 257 Å². The second-order valence-electron chi connectivity index (χ2n) is 10.6. The first-order chi connectivity index (χ1) is 20.9. The lowest BCUT2D eigenvalue weighted by molar-refractivity contribution is -0.187. The number of carbonyl (C=O) groups excluding carboxylic acids is 6. The van der Waals surface area contributed by atoms with E-state index in [1.54, 1.807) is 32.0 Å². The molecule has 3 amide bonds. The third-order valence-corrected chi connectivity index (χ3v) is 6.68. The smallest absolute Gasteiger partial charge is 0.423 e. The summed E-state index contributed by atoms with van der Waals surface area (Å²) >= 11 is 0. The highest BCUT2D eigenvalue weighted by Gasteiger charge is 2.51. The summed E-state index contributed by atoms with van der Waals surface area (Å²) in [5, 5.41) is 1.09. The highest BCUT2D eigenvalue weighted by atomic mass is 19.4. The van der Waals surface area contributed by atoms with Crippen LogP contribution in [0.1, 0.15) is 52.7 Å². The van der Waals surface area contributed by atoms with Crippen molar-refractivity contribution < 1.29 is 51.4 Å². The number of halogens is 3. The second kappa shape index (κ2) is 13.7. The summed E-state index contributed by atoms with van der Waals surface area (Å²) in [7, 11) is 0. The number of Topliss-reactive ketones (excluding diaryl/α,β-unsaturated/α-hetero) is 1. The van der Waals surface area contributed by atoms with Crippen molar-refractivity contribution in [2.24, 2.45) is 5.92 Å². The van der Waals surface area contributed by atoms with Crippen LogP contribution in [-0.4, -0.2) is 68.6 Å². The number of ether oxygens (including phenoxy) is 2. The number of nitrogens with zero attached hydrogens (tertiary/aromatic N) is 3. The van der Waals surface area contributed by atoms with E-state index < -0.39 is 66.0 Å². The van der Waals surface area contributed by atoms with E-state index in [4.69, 9.17) is 9.47 Å². The van der Waals surface area contributed by atoms with Crippen molar-refractivity contribution in [1.29, 1.82) is 0 Å². The lowest BCUT2D eigenvalue weighted by Gasteiger charge is -2.46. The molecule has 14 heteroatoms. The van der Waals surface area contributed by atoms with Gasteiger partial charge in [-0.25, -0.2) is 10.0 Å². The molecule has 2 aromatic rings. The van der Waals surface area contributed by atoms with E-state index in [1.165, 1.54) is 37.4 Å². The highest BCUT2D eigenvalue weighted by molar-refractivity contribution is 6.00. The van der Waals surface area contributed by atoms with Crippen LogP contribution in [0.2, 0.25) is 0 Å². The topological polar surface area (TPSA) is 131 Å². The first kappa shape index (κ1) is 34.5. The van der Waals surface area contributed by atoms with Gasteiger partial charge in [0.2, 0.25) is 11.8 Å². The van der Waals surface area contributed by atoms with Crippen LogP contribution in [0.25, 0.3) is 5.70 Å². The molecule has 3 rings (SSSR count). The van der Waals surface area contributed by atoms with Crippen LogP contribution in [0.3, 0.4) is 0 Å². The van der Waals surface area contributed by atoms with E-state index in [9.17, 15) is 41.9 Å². The molecule has 11 nitrogen and oxygen atoms in total. The Morgan fingerprint density at radius 2 is 1.47 bits per heavy atom. The number of hydrogen-bond acceptors (Lipinski definition) is 8. The quantitative estimate of drug-likeness (QED) is 0.299. The van der Waals surface area contributed by atoms with Crippen LogP contribution in [0.5, 0.6) is 11.5 Å². The Balaban J connectivity index is 2.36. The fourth-order valence-corrected chi connectivity index (χ4v) is 4.90. The number of benzene rings is 2. The second-order valence-corrected chi connectivity index (χ2v) is 10.6. The van der Waals surface area contributed by atoms with Gasteiger partial charge in [0.25, 0.3) is 11.7 Å². The summed E-state index contributed by atoms with van der Waals surface area (Å²) in [6.45, 7) is 7.45. The van der Waals surface area contributed by atoms with Crippen molar-refractivity contribution >= 4 is 41.1 Å². The van der Waals surface area contributed by atoms with Crippen molar-refractivity contribution in [2.75, 3.05) is 0 Å². The molecule has 0 aromatic heterocycles. The van der Waals surface area contributed by atoms with Crippen molar-refractivity contribution in [3.8, 4) is 11.5 Å². The molecule has 0 radical (unpaired) electrons. The molecule has 2 atom stereocenters. The lowest BCUT2D eigenvalue weighted by Crippen LogP contribution is -2.64. The number of esters is 2. The Hall–Kier alpha value is -5.01. The van der Waals surface area contributed by atoms with Crippen molar-refractivity contribution in [3.05, 3.63) is 65.9 Å². The minimum atomic E-state index is -5.40. The zero-order chi connectivity index (χ0) is 33.8. The number of hydrazine groups is 1. The van der Waals surface area contributed by atoms with E-state index in [0.717, 1.165) is 31.7 Å². The standard InChI is InChI=1S/C31H32F3N3O8/c1-17(2)28-30(43)37(36(19(4)39)24(29(42)31(32,33)34)14-22-10-8-7-9-11-22)25(16-35(28)18(3)38)23-12-13-26(44-20(5)40)27(15-23)45-21(6)41/h7-13,15-17,24,28H,14H2,1-6H3. The maximum atomic E-state index is 14.3. The maximum Gasteiger partial charge on any atom is 0.452 e. The summed E-state index contributed by atoms with van der Waals surface area (Å²) in [5.41, 5.74) is -0.0544. The number of rotatable bonds is 9. The number of ketones is 1. The zero-order valence-corrected chi connectivity index (χ0v) is 25.4. The molecular weight excluding hydrogens is 599 g/mol. The molecule has 0 bridgehead atoms. The molecule has 240 valence electrons. The fraction of sp³-hybridized carbons (Fsp3) is 0.355. The summed E-state index contributed by atoms with van der Waals surface area (Å²) in [6.07, 6.45) is -4.84.